The highest BCUT2D eigenvalue weighted by Gasteiger charge is 2.26. The maximum atomic E-state index is 12.8. The van der Waals surface area contributed by atoms with E-state index < -0.39 is 5.25 Å². The number of nitrogens with zero attached hydrogens (tertiary/aromatic N) is 3. The first-order chi connectivity index (χ1) is 14.7. The zero-order valence-corrected chi connectivity index (χ0v) is 17.6. The molecular weight excluding hydrogens is 394 g/mol. The van der Waals surface area contributed by atoms with Crippen LogP contribution >= 0.6 is 11.8 Å². The predicted molar refractivity (Wildman–Crippen MR) is 118 cm³/mol. The quantitative estimate of drug-likeness (QED) is 0.315. The minimum Gasteiger partial charge on any atom is -0.465 e. The molecule has 0 unspecified atom stereocenters. The Balaban J connectivity index is 1.94. The van der Waals surface area contributed by atoms with Crippen LogP contribution in [0.5, 0.6) is 0 Å². The summed E-state index contributed by atoms with van der Waals surface area (Å²) in [5, 5.41) is 10.1. The Kier molecular flexibility index (Phi) is 5.73. The summed E-state index contributed by atoms with van der Waals surface area (Å²) in [5.41, 5.74) is 4.71. The van der Waals surface area contributed by atoms with E-state index in [9.17, 15) is 10.1 Å². The molecule has 0 fully saturated rings. The van der Waals surface area contributed by atoms with Crippen LogP contribution in [-0.4, -0.2) is 22.0 Å². The molecule has 2 heterocycles. The maximum absolute atomic E-state index is 12.8. The minimum atomic E-state index is -0.520. The first-order valence-corrected chi connectivity index (χ1v) is 10.8. The van der Waals surface area contributed by atoms with Gasteiger partial charge in [0, 0.05) is 0 Å². The molecule has 0 aliphatic rings. The summed E-state index contributed by atoms with van der Waals surface area (Å²) < 4.78 is 7.36. The summed E-state index contributed by atoms with van der Waals surface area (Å²) >= 11 is 1.43. The van der Waals surface area contributed by atoms with Crippen LogP contribution in [-0.2, 0) is 16.0 Å². The van der Waals surface area contributed by atoms with Crippen LogP contribution in [0.15, 0.2) is 65.7 Å². The smallest absolute Gasteiger partial charge is 0.324 e. The van der Waals surface area contributed by atoms with E-state index in [1.54, 1.807) is 0 Å². The van der Waals surface area contributed by atoms with Crippen molar-refractivity contribution in [2.24, 2.45) is 0 Å². The third-order valence-electron chi connectivity index (χ3n) is 4.96. The minimum absolute atomic E-state index is 0.284. The summed E-state index contributed by atoms with van der Waals surface area (Å²) in [6.45, 7) is 4.15. The molecule has 0 saturated heterocycles. The number of para-hydroxylation sites is 2. The first kappa shape index (κ1) is 20.0. The molecule has 0 aliphatic heterocycles. The molecule has 150 valence electrons. The average Bonchev–Trinajstić information content (AvgIpc) is 3.17. The molecule has 2 aromatic heterocycles. The number of imidazole rings is 1. The molecule has 0 radical (unpaired) electrons. The van der Waals surface area contributed by atoms with Gasteiger partial charge in [0.15, 0.2) is 5.65 Å². The van der Waals surface area contributed by atoms with Crippen LogP contribution in [0.1, 0.15) is 35.8 Å². The third-order valence-corrected chi connectivity index (χ3v) is 6.20. The third kappa shape index (κ3) is 3.53. The van der Waals surface area contributed by atoms with Crippen LogP contribution in [0.4, 0.5) is 0 Å². The maximum Gasteiger partial charge on any atom is 0.324 e. The van der Waals surface area contributed by atoms with E-state index in [1.807, 2.05) is 78.9 Å². The van der Waals surface area contributed by atoms with E-state index in [1.165, 1.54) is 11.8 Å². The molecule has 4 rings (SSSR count). The number of nitriles is 1. The molecular formula is C24H21N3O2S. The molecule has 0 saturated carbocycles. The Morgan fingerprint density at radius 2 is 1.90 bits per heavy atom. The van der Waals surface area contributed by atoms with E-state index >= 15 is 0 Å². The normalized spacial score (nSPS) is 12.0. The average molecular weight is 416 g/mol. The molecule has 0 aliphatic carbocycles. The number of carbonyl (C=O) groups is 1. The number of fused-ring (bicyclic) bond motifs is 3. The number of esters is 1. The molecule has 0 bridgehead atoms. The molecule has 6 heteroatoms. The zero-order chi connectivity index (χ0) is 21.1. The highest BCUT2D eigenvalue weighted by Crippen LogP contribution is 2.39. The fourth-order valence-electron chi connectivity index (χ4n) is 3.55. The van der Waals surface area contributed by atoms with Crippen LogP contribution in [0.2, 0.25) is 0 Å². The summed E-state index contributed by atoms with van der Waals surface area (Å²) in [5.74, 6) is -0.284. The number of hydrogen-bond acceptors (Lipinski definition) is 5. The zero-order valence-electron chi connectivity index (χ0n) is 16.8. The summed E-state index contributed by atoms with van der Waals surface area (Å²) in [6, 6.07) is 21.7. The van der Waals surface area contributed by atoms with E-state index in [0.29, 0.717) is 24.2 Å². The largest absolute Gasteiger partial charge is 0.465 e. The number of ether oxygens (including phenoxy) is 1. The van der Waals surface area contributed by atoms with Crippen molar-refractivity contribution in [1.29, 1.82) is 5.26 Å². The Morgan fingerprint density at radius 3 is 2.60 bits per heavy atom. The molecule has 0 N–H and O–H groups in total. The van der Waals surface area contributed by atoms with Gasteiger partial charge in [-0.1, -0.05) is 61.2 Å². The number of aromatic nitrogens is 2. The van der Waals surface area contributed by atoms with Gasteiger partial charge in [0.1, 0.15) is 11.3 Å². The molecule has 0 spiro atoms. The van der Waals surface area contributed by atoms with Gasteiger partial charge in [0.25, 0.3) is 0 Å². The van der Waals surface area contributed by atoms with Crippen LogP contribution in [0.25, 0.3) is 16.7 Å². The van der Waals surface area contributed by atoms with E-state index in [2.05, 4.69) is 6.07 Å². The summed E-state index contributed by atoms with van der Waals surface area (Å²) in [4.78, 5) is 17.6. The van der Waals surface area contributed by atoms with Crippen molar-refractivity contribution < 1.29 is 9.53 Å². The highest BCUT2D eigenvalue weighted by molar-refractivity contribution is 8.00. The number of aryl methyl sites for hydroxylation is 1. The highest BCUT2D eigenvalue weighted by atomic mass is 32.2. The van der Waals surface area contributed by atoms with Gasteiger partial charge >= 0.3 is 5.97 Å². The Morgan fingerprint density at radius 1 is 1.17 bits per heavy atom. The number of thioether (sulfide) groups is 1. The van der Waals surface area contributed by atoms with Crippen LogP contribution < -0.4 is 0 Å². The Bertz CT molecular complexity index is 1260. The van der Waals surface area contributed by atoms with Crippen molar-refractivity contribution in [3.05, 3.63) is 77.4 Å². The van der Waals surface area contributed by atoms with Crippen molar-refractivity contribution >= 4 is 34.4 Å². The van der Waals surface area contributed by atoms with Gasteiger partial charge in [-0.2, -0.15) is 5.26 Å². The fourth-order valence-corrected chi connectivity index (χ4v) is 4.75. The van der Waals surface area contributed by atoms with Gasteiger partial charge in [-0.05, 0) is 42.7 Å². The lowest BCUT2D eigenvalue weighted by Gasteiger charge is -2.18. The van der Waals surface area contributed by atoms with Crippen LogP contribution in [0.3, 0.4) is 0 Å². The Labute approximate surface area is 179 Å². The van der Waals surface area contributed by atoms with E-state index in [-0.39, 0.29) is 5.97 Å². The SMILES string of the molecule is CCOC(=O)[C@@H](Sc1cc(CC)c(C#N)c2nc3ccccc3n12)c1ccccc1. The number of rotatable bonds is 6. The lowest BCUT2D eigenvalue weighted by atomic mass is 10.1. The lowest BCUT2D eigenvalue weighted by molar-refractivity contribution is -0.142. The van der Waals surface area contributed by atoms with Gasteiger partial charge in [0.2, 0.25) is 0 Å². The second-order valence-corrected chi connectivity index (χ2v) is 7.89. The number of pyridine rings is 1. The van der Waals surface area contributed by atoms with Gasteiger partial charge in [-0.3, -0.25) is 9.20 Å². The summed E-state index contributed by atoms with van der Waals surface area (Å²) in [6.07, 6.45) is 0.700. The number of benzene rings is 2. The molecule has 0 amide bonds. The fraction of sp³-hybridized carbons (Fsp3) is 0.208. The van der Waals surface area contributed by atoms with Gasteiger partial charge in [-0.25, -0.2) is 4.98 Å². The molecule has 4 aromatic rings. The van der Waals surface area contributed by atoms with Gasteiger partial charge in [0.05, 0.1) is 28.2 Å². The van der Waals surface area contributed by atoms with Gasteiger partial charge in [-0.15, -0.1) is 0 Å². The molecule has 5 nitrogen and oxygen atoms in total. The lowest BCUT2D eigenvalue weighted by Crippen LogP contribution is -2.14. The number of hydrogen-bond donors (Lipinski definition) is 0. The second kappa shape index (κ2) is 8.60. The molecule has 2 aromatic carbocycles. The van der Waals surface area contributed by atoms with Gasteiger partial charge < -0.3 is 4.74 Å². The molecule has 1 atom stereocenters. The predicted octanol–water partition coefficient (Wildman–Crippen LogP) is 5.32. The monoisotopic (exact) mass is 415 g/mol. The van der Waals surface area contributed by atoms with Crippen molar-refractivity contribution in [1.82, 2.24) is 9.38 Å². The van der Waals surface area contributed by atoms with E-state index in [0.717, 1.165) is 27.2 Å². The van der Waals surface area contributed by atoms with Crippen molar-refractivity contribution in [2.75, 3.05) is 6.61 Å². The molecule has 30 heavy (non-hydrogen) atoms. The van der Waals surface area contributed by atoms with Crippen molar-refractivity contribution in [3.63, 3.8) is 0 Å². The number of carbonyl (C=O) groups excluding carboxylic acids is 1. The topological polar surface area (TPSA) is 67.4 Å². The van der Waals surface area contributed by atoms with Crippen LogP contribution in [0, 0.1) is 11.3 Å². The second-order valence-electron chi connectivity index (χ2n) is 6.77. The Hall–Kier alpha value is -3.30. The summed E-state index contributed by atoms with van der Waals surface area (Å²) in [7, 11) is 0. The van der Waals surface area contributed by atoms with Crippen molar-refractivity contribution in [2.45, 2.75) is 30.5 Å². The van der Waals surface area contributed by atoms with Crippen molar-refractivity contribution in [3.8, 4) is 6.07 Å². The first-order valence-electron chi connectivity index (χ1n) is 9.89. The van der Waals surface area contributed by atoms with E-state index in [4.69, 9.17) is 9.72 Å². The standard InChI is InChI=1S/C24H21N3O2S/c1-3-16-14-21(30-22(24(28)29-4-2)17-10-6-5-7-11-17)27-20-13-9-8-12-19(20)26-23(27)18(16)15-25/h5-14,22H,3-4H2,1-2H3/t22-/m0/s1.